The third kappa shape index (κ3) is 2.29. The molecule has 7 heteroatoms. The predicted octanol–water partition coefficient (Wildman–Crippen LogP) is -0.353. The Balaban J connectivity index is 2.22. The van der Waals surface area contributed by atoms with Crippen LogP contribution < -0.4 is 0 Å². The Labute approximate surface area is 102 Å². The molecule has 1 aromatic rings. The van der Waals surface area contributed by atoms with E-state index < -0.39 is 24.3 Å². The fraction of sp³-hybridized carbons (Fsp3) is 0.273. The van der Waals surface area contributed by atoms with Gasteiger partial charge in [-0.2, -0.15) is 5.10 Å². The Bertz CT molecular complexity index is 558. The van der Waals surface area contributed by atoms with Crippen LogP contribution in [0.1, 0.15) is 12.0 Å². The molecule has 0 saturated carbocycles. The lowest BCUT2D eigenvalue weighted by molar-refractivity contribution is -0.148. The minimum atomic E-state index is -1.21. The minimum Gasteiger partial charge on any atom is -0.480 e. The van der Waals surface area contributed by atoms with E-state index in [9.17, 15) is 14.4 Å². The molecule has 1 saturated heterocycles. The molecule has 7 nitrogen and oxygen atoms in total. The van der Waals surface area contributed by atoms with Crippen LogP contribution in [0.15, 0.2) is 18.0 Å². The number of likely N-dealkylation sites (tertiary alicyclic amines) is 1. The Morgan fingerprint density at radius 1 is 1.56 bits per heavy atom. The summed E-state index contributed by atoms with van der Waals surface area (Å²) in [4.78, 5) is 34.6. The predicted molar refractivity (Wildman–Crippen MR) is 60.2 cm³/mol. The smallest absolute Gasteiger partial charge is 0.323 e. The third-order valence-corrected chi connectivity index (χ3v) is 2.52. The van der Waals surface area contributed by atoms with Gasteiger partial charge in [0.25, 0.3) is 5.91 Å². The van der Waals surface area contributed by atoms with E-state index in [-0.39, 0.29) is 12.0 Å². The third-order valence-electron chi connectivity index (χ3n) is 2.52. The number of imide groups is 1. The van der Waals surface area contributed by atoms with Gasteiger partial charge >= 0.3 is 5.97 Å². The highest BCUT2D eigenvalue weighted by molar-refractivity contribution is 6.16. The number of carboxylic acid groups (broad SMARTS) is 1. The zero-order valence-corrected chi connectivity index (χ0v) is 9.66. The van der Waals surface area contributed by atoms with E-state index >= 15 is 0 Å². The van der Waals surface area contributed by atoms with Gasteiger partial charge in [0.15, 0.2) is 0 Å². The zero-order chi connectivity index (χ0) is 13.3. The number of hydrogen-bond acceptors (Lipinski definition) is 4. The van der Waals surface area contributed by atoms with E-state index in [1.807, 2.05) is 0 Å². The zero-order valence-electron chi connectivity index (χ0n) is 9.66. The van der Waals surface area contributed by atoms with E-state index in [0.717, 1.165) is 4.90 Å². The SMILES string of the molecule is Cn1cc(/C=C2\CC(=O)N(CC(=O)O)C2=O)cn1. The maximum Gasteiger partial charge on any atom is 0.323 e. The molecule has 0 bridgehead atoms. The first kappa shape index (κ1) is 12.0. The average molecular weight is 249 g/mol. The number of aromatic nitrogens is 2. The summed E-state index contributed by atoms with van der Waals surface area (Å²) in [6.07, 6.45) is 4.74. The maximum atomic E-state index is 11.8. The van der Waals surface area contributed by atoms with Crippen LogP contribution in [0.3, 0.4) is 0 Å². The van der Waals surface area contributed by atoms with Gasteiger partial charge in [-0.3, -0.25) is 24.0 Å². The second kappa shape index (κ2) is 4.44. The van der Waals surface area contributed by atoms with E-state index in [1.54, 1.807) is 30.2 Å². The first-order chi connectivity index (χ1) is 8.47. The molecule has 1 aromatic heterocycles. The molecule has 1 aliphatic heterocycles. The molecule has 2 amide bonds. The van der Waals surface area contributed by atoms with Crippen LogP contribution in [0.2, 0.25) is 0 Å². The van der Waals surface area contributed by atoms with Crippen molar-refractivity contribution in [3.8, 4) is 0 Å². The molecule has 2 rings (SSSR count). The van der Waals surface area contributed by atoms with Crippen molar-refractivity contribution < 1.29 is 19.5 Å². The minimum absolute atomic E-state index is 0.0684. The van der Waals surface area contributed by atoms with Crippen LogP contribution in [0.5, 0.6) is 0 Å². The lowest BCUT2D eigenvalue weighted by Gasteiger charge is -2.08. The summed E-state index contributed by atoms with van der Waals surface area (Å²) in [5.41, 5.74) is 0.986. The second-order valence-electron chi connectivity index (χ2n) is 3.97. The highest BCUT2D eigenvalue weighted by atomic mass is 16.4. The monoisotopic (exact) mass is 249 g/mol. The van der Waals surface area contributed by atoms with Gasteiger partial charge in [-0.15, -0.1) is 0 Å². The first-order valence-electron chi connectivity index (χ1n) is 5.23. The molecular weight excluding hydrogens is 238 g/mol. The molecule has 94 valence electrons. The molecule has 2 heterocycles. The van der Waals surface area contributed by atoms with Crippen molar-refractivity contribution in [3.63, 3.8) is 0 Å². The van der Waals surface area contributed by atoms with Gasteiger partial charge in [0.2, 0.25) is 5.91 Å². The molecule has 18 heavy (non-hydrogen) atoms. The first-order valence-corrected chi connectivity index (χ1v) is 5.23. The van der Waals surface area contributed by atoms with E-state index in [0.29, 0.717) is 5.56 Å². The number of aliphatic carboxylic acids is 1. The van der Waals surface area contributed by atoms with Crippen molar-refractivity contribution in [2.45, 2.75) is 6.42 Å². The van der Waals surface area contributed by atoms with Crippen molar-refractivity contribution in [1.29, 1.82) is 0 Å². The lowest BCUT2D eigenvalue weighted by atomic mass is 10.1. The number of carbonyl (C=O) groups is 3. The fourth-order valence-electron chi connectivity index (χ4n) is 1.74. The molecular formula is C11H11N3O4. The summed E-state index contributed by atoms with van der Waals surface area (Å²) in [6.45, 7) is -0.595. The molecule has 0 spiro atoms. The Kier molecular flexibility index (Phi) is 2.97. The molecule has 0 aromatic carbocycles. The molecule has 1 fully saturated rings. The van der Waals surface area contributed by atoms with E-state index in [2.05, 4.69) is 5.10 Å². The Hall–Kier alpha value is -2.44. The average Bonchev–Trinajstić information content (AvgIpc) is 2.78. The standard InChI is InChI=1S/C11H11N3O4/c1-13-5-7(4-12-13)2-8-3-9(15)14(11(8)18)6-10(16)17/h2,4-5H,3,6H2,1H3,(H,16,17)/b8-2+. The lowest BCUT2D eigenvalue weighted by Crippen LogP contribution is -2.34. The summed E-state index contributed by atoms with van der Waals surface area (Å²) < 4.78 is 1.57. The van der Waals surface area contributed by atoms with Crippen molar-refractivity contribution in [1.82, 2.24) is 14.7 Å². The van der Waals surface area contributed by atoms with Crippen LogP contribution in [-0.4, -0.2) is 44.1 Å². The summed E-state index contributed by atoms with van der Waals surface area (Å²) in [5.74, 6) is -2.25. The number of carbonyl (C=O) groups excluding carboxylic acids is 2. The van der Waals surface area contributed by atoms with Crippen LogP contribution in [0, 0.1) is 0 Å². The highest BCUT2D eigenvalue weighted by Gasteiger charge is 2.34. The molecule has 0 unspecified atom stereocenters. The van der Waals surface area contributed by atoms with Crippen LogP contribution in [-0.2, 0) is 21.4 Å². The summed E-state index contributed by atoms with van der Waals surface area (Å²) in [5, 5.41) is 12.5. The van der Waals surface area contributed by atoms with Crippen molar-refractivity contribution in [2.24, 2.45) is 7.05 Å². The molecule has 0 radical (unpaired) electrons. The van der Waals surface area contributed by atoms with Gasteiger partial charge in [-0.05, 0) is 6.08 Å². The second-order valence-corrected chi connectivity index (χ2v) is 3.97. The number of rotatable bonds is 3. The molecule has 1 N–H and O–H groups in total. The molecule has 0 aliphatic carbocycles. The topological polar surface area (TPSA) is 92.5 Å². The molecule has 0 atom stereocenters. The fourth-order valence-corrected chi connectivity index (χ4v) is 1.74. The maximum absolute atomic E-state index is 11.8. The van der Waals surface area contributed by atoms with E-state index in [1.165, 1.54) is 0 Å². The summed E-state index contributed by atoms with van der Waals surface area (Å²) in [7, 11) is 1.74. The highest BCUT2D eigenvalue weighted by Crippen LogP contribution is 2.20. The van der Waals surface area contributed by atoms with Crippen molar-refractivity contribution >= 4 is 23.9 Å². The largest absolute Gasteiger partial charge is 0.480 e. The normalized spacial score (nSPS) is 17.8. The summed E-state index contributed by atoms with van der Waals surface area (Å²) in [6, 6.07) is 0. The van der Waals surface area contributed by atoms with Crippen molar-refractivity contribution in [3.05, 3.63) is 23.5 Å². The summed E-state index contributed by atoms with van der Waals surface area (Å²) >= 11 is 0. The Morgan fingerprint density at radius 2 is 2.28 bits per heavy atom. The number of amides is 2. The number of aryl methyl sites for hydroxylation is 1. The van der Waals surface area contributed by atoms with Gasteiger partial charge in [-0.25, -0.2) is 0 Å². The Morgan fingerprint density at radius 3 is 2.83 bits per heavy atom. The number of hydrogen-bond donors (Lipinski definition) is 1. The number of carboxylic acids is 1. The van der Waals surface area contributed by atoms with Gasteiger partial charge in [0.1, 0.15) is 6.54 Å². The van der Waals surface area contributed by atoms with Gasteiger partial charge in [0, 0.05) is 24.4 Å². The van der Waals surface area contributed by atoms with Crippen molar-refractivity contribution in [2.75, 3.05) is 6.54 Å². The van der Waals surface area contributed by atoms with Gasteiger partial charge < -0.3 is 5.11 Å². The van der Waals surface area contributed by atoms with Gasteiger partial charge in [-0.1, -0.05) is 0 Å². The van der Waals surface area contributed by atoms with Crippen LogP contribution in [0.25, 0.3) is 6.08 Å². The molecule has 1 aliphatic rings. The quantitative estimate of drug-likeness (QED) is 0.583. The van der Waals surface area contributed by atoms with E-state index in [4.69, 9.17) is 5.11 Å². The van der Waals surface area contributed by atoms with Crippen LogP contribution >= 0.6 is 0 Å². The van der Waals surface area contributed by atoms with Crippen LogP contribution in [0.4, 0.5) is 0 Å². The van der Waals surface area contributed by atoms with Gasteiger partial charge in [0.05, 0.1) is 12.6 Å². The number of nitrogens with zero attached hydrogens (tertiary/aromatic N) is 3.